The van der Waals surface area contributed by atoms with Crippen LogP contribution in [0.1, 0.15) is 13.3 Å². The minimum absolute atomic E-state index is 0.0524. The van der Waals surface area contributed by atoms with E-state index in [1.54, 1.807) is 0 Å². The first kappa shape index (κ1) is 8.83. The Morgan fingerprint density at radius 1 is 1.75 bits per heavy atom. The predicted molar refractivity (Wildman–Crippen MR) is 41.6 cm³/mol. The van der Waals surface area contributed by atoms with Crippen LogP contribution in [0.3, 0.4) is 0 Å². The molecule has 68 valence electrons. The Hall–Kier alpha value is -1.26. The molecule has 1 saturated heterocycles. The monoisotopic (exact) mass is 172 g/mol. The summed E-state index contributed by atoms with van der Waals surface area (Å²) < 4.78 is 4.37. The van der Waals surface area contributed by atoms with Gasteiger partial charge in [-0.3, -0.25) is 4.79 Å². The normalized spacial score (nSPS) is 27.0. The minimum Gasteiger partial charge on any atom is -0.453 e. The van der Waals surface area contributed by atoms with Gasteiger partial charge in [-0.1, -0.05) is 6.92 Å². The van der Waals surface area contributed by atoms with Crippen LogP contribution in [0.2, 0.25) is 0 Å². The molecule has 0 bridgehead atoms. The van der Waals surface area contributed by atoms with Crippen molar-refractivity contribution in [3.8, 4) is 0 Å². The Morgan fingerprint density at radius 3 is 2.83 bits per heavy atom. The average molecular weight is 172 g/mol. The third-order valence-corrected chi connectivity index (χ3v) is 1.91. The number of carbonyl (C=O) groups is 2. The molecule has 0 unspecified atom stereocenters. The van der Waals surface area contributed by atoms with Crippen LogP contribution in [0.4, 0.5) is 4.79 Å². The van der Waals surface area contributed by atoms with Gasteiger partial charge in [-0.25, -0.2) is 4.79 Å². The predicted octanol–water partition coefficient (Wildman–Crippen LogP) is -0.381. The molecule has 0 saturated carbocycles. The van der Waals surface area contributed by atoms with Crippen LogP contribution in [-0.2, 0) is 9.53 Å². The third kappa shape index (κ3) is 1.49. The average Bonchev–Trinajstić information content (AvgIpc) is 2.09. The summed E-state index contributed by atoms with van der Waals surface area (Å²) in [5.41, 5.74) is 0. The van der Waals surface area contributed by atoms with Crippen molar-refractivity contribution in [3.05, 3.63) is 0 Å². The highest BCUT2D eigenvalue weighted by Gasteiger charge is 2.39. The topological polar surface area (TPSA) is 67.4 Å². The molecule has 1 aliphatic heterocycles. The zero-order valence-corrected chi connectivity index (χ0v) is 7.09. The van der Waals surface area contributed by atoms with E-state index in [4.69, 9.17) is 0 Å². The molecule has 2 atom stereocenters. The molecule has 0 spiro atoms. The number of rotatable bonds is 2. The van der Waals surface area contributed by atoms with E-state index in [2.05, 4.69) is 15.4 Å². The molecule has 12 heavy (non-hydrogen) atoms. The highest BCUT2D eigenvalue weighted by Crippen LogP contribution is 2.09. The van der Waals surface area contributed by atoms with Gasteiger partial charge >= 0.3 is 6.09 Å². The van der Waals surface area contributed by atoms with Gasteiger partial charge in [0.2, 0.25) is 5.91 Å². The Labute approximate surface area is 70.5 Å². The number of carbonyl (C=O) groups excluding carboxylic acids is 2. The van der Waals surface area contributed by atoms with Crippen molar-refractivity contribution in [2.24, 2.45) is 0 Å². The molecule has 2 N–H and O–H groups in total. The van der Waals surface area contributed by atoms with E-state index >= 15 is 0 Å². The summed E-state index contributed by atoms with van der Waals surface area (Å²) in [6, 6.07) is -0.362. The third-order valence-electron chi connectivity index (χ3n) is 1.91. The van der Waals surface area contributed by atoms with Crippen LogP contribution in [0.5, 0.6) is 0 Å². The van der Waals surface area contributed by atoms with E-state index in [1.807, 2.05) is 6.92 Å². The van der Waals surface area contributed by atoms with Gasteiger partial charge in [-0.05, 0) is 6.42 Å². The summed E-state index contributed by atoms with van der Waals surface area (Å²) in [4.78, 5) is 21.6. The first-order valence-corrected chi connectivity index (χ1v) is 3.84. The fourth-order valence-corrected chi connectivity index (χ4v) is 1.13. The summed E-state index contributed by atoms with van der Waals surface area (Å²) in [6.07, 6.45) is 0.244. The van der Waals surface area contributed by atoms with Crippen LogP contribution in [0, 0.1) is 0 Å². The number of nitrogens with one attached hydrogen (secondary N) is 2. The van der Waals surface area contributed by atoms with Crippen LogP contribution in [0.25, 0.3) is 0 Å². The van der Waals surface area contributed by atoms with E-state index in [-0.39, 0.29) is 11.9 Å². The Morgan fingerprint density at radius 2 is 2.42 bits per heavy atom. The number of ether oxygens (including phenoxy) is 1. The Bertz CT molecular complexity index is 203. The van der Waals surface area contributed by atoms with E-state index in [0.717, 1.165) is 6.42 Å². The van der Waals surface area contributed by atoms with Crippen molar-refractivity contribution in [1.82, 2.24) is 10.6 Å². The van der Waals surface area contributed by atoms with Gasteiger partial charge in [0.1, 0.15) is 6.04 Å². The molecule has 0 radical (unpaired) electrons. The molecular weight excluding hydrogens is 160 g/mol. The fourth-order valence-electron chi connectivity index (χ4n) is 1.13. The standard InChI is InChI=1S/C7H12N2O3/c1-3-4-5(6(10)8-4)9-7(11)12-2/h4-5H,3H2,1-2H3,(H,8,10)(H,9,11)/t4-,5+/m1/s1. The van der Waals surface area contributed by atoms with Crippen LogP contribution in [-0.4, -0.2) is 31.2 Å². The van der Waals surface area contributed by atoms with Crippen molar-refractivity contribution in [2.75, 3.05) is 7.11 Å². The molecule has 0 aromatic heterocycles. The first-order chi connectivity index (χ1) is 5.69. The van der Waals surface area contributed by atoms with E-state index in [0.29, 0.717) is 0 Å². The lowest BCUT2D eigenvalue weighted by Crippen LogP contribution is -2.68. The second-order valence-corrected chi connectivity index (χ2v) is 2.64. The number of hydrogen-bond donors (Lipinski definition) is 2. The summed E-state index contributed by atoms with van der Waals surface area (Å²) >= 11 is 0. The second kappa shape index (κ2) is 3.42. The molecule has 0 aliphatic carbocycles. The first-order valence-electron chi connectivity index (χ1n) is 3.84. The lowest BCUT2D eigenvalue weighted by atomic mass is 9.97. The van der Waals surface area contributed by atoms with Crippen LogP contribution >= 0.6 is 0 Å². The SMILES string of the molecule is CC[C@H]1NC(=O)[C@H]1NC(=O)OC. The maximum atomic E-state index is 10.9. The van der Waals surface area contributed by atoms with Gasteiger partial charge in [0.05, 0.1) is 13.2 Å². The maximum Gasteiger partial charge on any atom is 0.407 e. The van der Waals surface area contributed by atoms with Crippen molar-refractivity contribution < 1.29 is 14.3 Å². The van der Waals surface area contributed by atoms with Gasteiger partial charge in [0.15, 0.2) is 0 Å². The Balaban J connectivity index is 2.40. The van der Waals surface area contributed by atoms with Crippen LogP contribution < -0.4 is 10.6 Å². The van der Waals surface area contributed by atoms with Gasteiger partial charge in [-0.15, -0.1) is 0 Å². The fraction of sp³-hybridized carbons (Fsp3) is 0.714. The summed E-state index contributed by atoms with van der Waals surface area (Å²) in [6.45, 7) is 1.94. The molecule has 1 aliphatic rings. The van der Waals surface area contributed by atoms with E-state index in [9.17, 15) is 9.59 Å². The number of amides is 2. The summed E-state index contributed by atoms with van der Waals surface area (Å²) in [7, 11) is 1.27. The highest BCUT2D eigenvalue weighted by atomic mass is 16.5. The number of β-lactam (4-membered cyclic amide) rings is 1. The van der Waals surface area contributed by atoms with E-state index < -0.39 is 12.1 Å². The minimum atomic E-state index is -0.562. The van der Waals surface area contributed by atoms with Gasteiger partial charge in [-0.2, -0.15) is 0 Å². The molecule has 1 fully saturated rings. The molecule has 5 heteroatoms. The van der Waals surface area contributed by atoms with Gasteiger partial charge in [0, 0.05) is 0 Å². The van der Waals surface area contributed by atoms with Crippen molar-refractivity contribution in [1.29, 1.82) is 0 Å². The zero-order chi connectivity index (χ0) is 9.14. The van der Waals surface area contributed by atoms with Crippen LogP contribution in [0.15, 0.2) is 0 Å². The molecule has 0 aromatic rings. The smallest absolute Gasteiger partial charge is 0.407 e. The molecule has 1 heterocycles. The highest BCUT2D eigenvalue weighted by molar-refractivity contribution is 5.92. The lowest BCUT2D eigenvalue weighted by Gasteiger charge is -2.35. The van der Waals surface area contributed by atoms with Gasteiger partial charge in [0.25, 0.3) is 0 Å². The van der Waals surface area contributed by atoms with Crippen molar-refractivity contribution >= 4 is 12.0 Å². The van der Waals surface area contributed by atoms with Crippen molar-refractivity contribution in [2.45, 2.75) is 25.4 Å². The summed E-state index contributed by atoms with van der Waals surface area (Å²) in [5, 5.41) is 5.11. The summed E-state index contributed by atoms with van der Waals surface area (Å²) in [5.74, 6) is -0.146. The molecule has 1 rings (SSSR count). The number of methoxy groups -OCH3 is 1. The maximum absolute atomic E-state index is 10.9. The zero-order valence-electron chi connectivity index (χ0n) is 7.09. The molecule has 5 nitrogen and oxygen atoms in total. The Kier molecular flexibility index (Phi) is 2.52. The molecular formula is C7H12N2O3. The van der Waals surface area contributed by atoms with Gasteiger partial charge < -0.3 is 15.4 Å². The second-order valence-electron chi connectivity index (χ2n) is 2.64. The van der Waals surface area contributed by atoms with E-state index in [1.165, 1.54) is 7.11 Å². The van der Waals surface area contributed by atoms with Crippen molar-refractivity contribution in [3.63, 3.8) is 0 Å². The molecule has 0 aromatic carbocycles. The molecule has 2 amide bonds. The number of alkyl carbamates (subject to hydrolysis) is 1. The lowest BCUT2D eigenvalue weighted by molar-refractivity contribution is -0.131. The quantitative estimate of drug-likeness (QED) is 0.558. The largest absolute Gasteiger partial charge is 0.453 e. The number of hydrogen-bond acceptors (Lipinski definition) is 3.